The summed E-state index contributed by atoms with van der Waals surface area (Å²) in [4.78, 5) is 33.9. The number of fused-ring (bicyclic) bond motifs is 1. The first kappa shape index (κ1) is 26.8. The number of carbonyl (C=O) groups excluding carboxylic acids is 2. The van der Waals surface area contributed by atoms with E-state index in [2.05, 4.69) is 59.6 Å². The van der Waals surface area contributed by atoms with Gasteiger partial charge >= 0.3 is 0 Å². The fraction of sp³-hybridized carbons (Fsp3) is 0.481. The van der Waals surface area contributed by atoms with Crippen molar-refractivity contribution >= 4 is 77.7 Å². The maximum absolute atomic E-state index is 14.2. The average molecular weight is 641 g/mol. The highest BCUT2D eigenvalue weighted by molar-refractivity contribution is 9.11. The Balaban J connectivity index is 1.89. The van der Waals surface area contributed by atoms with Gasteiger partial charge < -0.3 is 9.80 Å². The number of halogens is 2. The van der Waals surface area contributed by atoms with Crippen LogP contribution in [-0.4, -0.2) is 34.7 Å². The molecule has 0 bridgehead atoms. The van der Waals surface area contributed by atoms with Crippen molar-refractivity contribution in [3.63, 3.8) is 0 Å². The zero-order chi connectivity index (χ0) is 25.3. The number of unbranched alkanes of at least 4 members (excludes halogenated alkanes) is 1. The van der Waals surface area contributed by atoms with Gasteiger partial charge in [-0.2, -0.15) is 0 Å². The Morgan fingerprint density at radius 2 is 1.31 bits per heavy atom. The van der Waals surface area contributed by atoms with Crippen molar-refractivity contribution < 1.29 is 9.59 Å². The third-order valence-electron chi connectivity index (χ3n) is 6.97. The average Bonchev–Trinajstić information content (AvgIpc) is 3.58. The first-order chi connectivity index (χ1) is 16.8. The number of rotatable bonds is 11. The van der Waals surface area contributed by atoms with Crippen LogP contribution in [0.3, 0.4) is 0 Å². The van der Waals surface area contributed by atoms with Crippen molar-refractivity contribution in [2.24, 2.45) is 11.8 Å². The van der Waals surface area contributed by atoms with Crippen molar-refractivity contribution in [3.05, 3.63) is 52.7 Å². The summed E-state index contributed by atoms with van der Waals surface area (Å²) in [6, 6.07) is 8.04. The third kappa shape index (κ3) is 5.27. The van der Waals surface area contributed by atoms with Crippen LogP contribution in [0.4, 0.5) is 0 Å². The van der Waals surface area contributed by atoms with E-state index in [1.165, 1.54) is 0 Å². The molecule has 2 aliphatic heterocycles. The lowest BCUT2D eigenvalue weighted by molar-refractivity contribution is -0.124. The number of thiophene rings is 2. The molecule has 188 valence electrons. The highest BCUT2D eigenvalue weighted by Crippen LogP contribution is 2.49. The molecule has 0 saturated heterocycles. The monoisotopic (exact) mass is 638 g/mol. The number of hydrogen-bond acceptors (Lipinski definition) is 4. The normalized spacial score (nSPS) is 17.8. The second-order valence-corrected chi connectivity index (χ2v) is 14.3. The zero-order valence-corrected chi connectivity index (χ0v) is 25.5. The summed E-state index contributed by atoms with van der Waals surface area (Å²) in [5.74, 6) is 0.662. The van der Waals surface area contributed by atoms with Crippen molar-refractivity contribution in [1.82, 2.24) is 9.80 Å². The van der Waals surface area contributed by atoms with Crippen LogP contribution in [0.25, 0.3) is 11.4 Å². The van der Waals surface area contributed by atoms with Crippen LogP contribution < -0.4 is 0 Å². The molecule has 0 fully saturated rings. The van der Waals surface area contributed by atoms with E-state index >= 15 is 0 Å². The molecule has 4 nitrogen and oxygen atoms in total. The Bertz CT molecular complexity index is 1180. The quantitative estimate of drug-likeness (QED) is 0.248. The minimum Gasteiger partial charge on any atom is -0.306 e. The van der Waals surface area contributed by atoms with Crippen molar-refractivity contribution in [2.75, 3.05) is 13.1 Å². The summed E-state index contributed by atoms with van der Waals surface area (Å²) < 4.78 is 1.98. The van der Waals surface area contributed by atoms with Gasteiger partial charge in [0.1, 0.15) is 0 Å². The first-order valence-corrected chi connectivity index (χ1v) is 15.7. The van der Waals surface area contributed by atoms with E-state index in [9.17, 15) is 9.59 Å². The molecule has 0 spiro atoms. The van der Waals surface area contributed by atoms with Crippen molar-refractivity contribution in [2.45, 2.75) is 59.8 Å². The molecule has 2 aliphatic rings. The van der Waals surface area contributed by atoms with Gasteiger partial charge in [0, 0.05) is 13.1 Å². The molecule has 0 radical (unpaired) electrons. The maximum Gasteiger partial charge on any atom is 0.261 e. The Labute approximate surface area is 233 Å². The van der Waals surface area contributed by atoms with Gasteiger partial charge in [-0.15, -0.1) is 22.7 Å². The lowest BCUT2D eigenvalue weighted by Crippen LogP contribution is -2.34. The summed E-state index contributed by atoms with van der Waals surface area (Å²) in [5.41, 5.74) is 2.73. The summed E-state index contributed by atoms with van der Waals surface area (Å²) in [5, 5.41) is 0. The van der Waals surface area contributed by atoms with Gasteiger partial charge in [0.15, 0.2) is 0 Å². The topological polar surface area (TPSA) is 40.6 Å². The number of amides is 2. The molecule has 2 atom stereocenters. The predicted octanol–water partition coefficient (Wildman–Crippen LogP) is 8.40. The highest BCUT2D eigenvalue weighted by atomic mass is 79.9. The molecule has 0 aromatic carbocycles. The molecule has 0 N–H and O–H groups in total. The second-order valence-electron chi connectivity index (χ2n) is 9.42. The zero-order valence-electron chi connectivity index (χ0n) is 20.7. The summed E-state index contributed by atoms with van der Waals surface area (Å²) in [6.07, 6.45) is 5.36. The highest BCUT2D eigenvalue weighted by Gasteiger charge is 2.49. The van der Waals surface area contributed by atoms with Crippen molar-refractivity contribution in [3.8, 4) is 0 Å². The predicted molar refractivity (Wildman–Crippen MR) is 154 cm³/mol. The summed E-state index contributed by atoms with van der Waals surface area (Å²) >= 11 is 10.3. The molecule has 2 aromatic heterocycles. The van der Waals surface area contributed by atoms with Gasteiger partial charge in [-0.05, 0) is 74.4 Å². The van der Waals surface area contributed by atoms with E-state index in [0.29, 0.717) is 36.1 Å². The fourth-order valence-corrected chi connectivity index (χ4v) is 7.65. The Morgan fingerprint density at radius 3 is 1.71 bits per heavy atom. The fourth-order valence-electron chi connectivity index (χ4n) is 4.76. The molecular formula is C27H32Br2N2O2S2. The second kappa shape index (κ2) is 11.4. The van der Waals surface area contributed by atoms with Crippen molar-refractivity contribution in [1.29, 1.82) is 0 Å². The van der Waals surface area contributed by atoms with Crippen LogP contribution in [0.1, 0.15) is 69.6 Å². The maximum atomic E-state index is 14.2. The number of nitrogens with zero attached hydrogens (tertiary/aromatic N) is 2. The van der Waals surface area contributed by atoms with Crippen LogP contribution >= 0.6 is 54.5 Å². The number of carbonyl (C=O) groups is 2. The third-order valence-corrected chi connectivity index (χ3v) is 10.2. The van der Waals surface area contributed by atoms with Gasteiger partial charge in [-0.3, -0.25) is 9.59 Å². The van der Waals surface area contributed by atoms with Crippen LogP contribution in [0, 0.1) is 11.8 Å². The van der Waals surface area contributed by atoms with Crippen LogP contribution in [0.15, 0.2) is 43.0 Å². The van der Waals surface area contributed by atoms with E-state index in [1.807, 2.05) is 34.1 Å². The molecule has 8 heteroatoms. The summed E-state index contributed by atoms with van der Waals surface area (Å²) in [6.45, 7) is 9.96. The lowest BCUT2D eigenvalue weighted by Gasteiger charge is -2.28. The largest absolute Gasteiger partial charge is 0.306 e. The molecule has 2 aromatic rings. The molecule has 2 amide bonds. The SMILES string of the molecule is CCCCC(CC)CN1C(=O)C2=C(c3ccc(Br)s3)N(CC(C)CC)C(=O)C2=C1c1ccc(Br)s1. The Morgan fingerprint density at radius 1 is 0.800 bits per heavy atom. The molecule has 4 heterocycles. The lowest BCUT2D eigenvalue weighted by atomic mass is 9.98. The van der Waals surface area contributed by atoms with Gasteiger partial charge in [-0.1, -0.05) is 53.4 Å². The smallest absolute Gasteiger partial charge is 0.261 e. The molecule has 35 heavy (non-hydrogen) atoms. The standard InChI is InChI=1S/C27H32Br2N2O2S2/c1-5-8-9-17(7-3)15-31-25(19-11-13-21(29)35-19)23-22(27(31)33)24(18-10-12-20(28)34-18)30(26(23)32)14-16(4)6-2/h10-13,16-17H,5-9,14-15H2,1-4H3. The van der Waals surface area contributed by atoms with Gasteiger partial charge in [0.2, 0.25) is 0 Å². The molecule has 2 unspecified atom stereocenters. The molecule has 4 rings (SSSR count). The van der Waals surface area contributed by atoms with Crippen LogP contribution in [0.5, 0.6) is 0 Å². The summed E-state index contributed by atoms with van der Waals surface area (Å²) in [7, 11) is 0. The van der Waals surface area contributed by atoms with E-state index < -0.39 is 0 Å². The van der Waals surface area contributed by atoms with E-state index in [1.54, 1.807) is 22.7 Å². The Kier molecular flexibility index (Phi) is 8.78. The Hall–Kier alpha value is -1.22. The minimum absolute atomic E-state index is 0.0333. The molecule has 0 aliphatic carbocycles. The van der Waals surface area contributed by atoms with Gasteiger partial charge in [-0.25, -0.2) is 0 Å². The van der Waals surface area contributed by atoms with Crippen LogP contribution in [-0.2, 0) is 9.59 Å². The first-order valence-electron chi connectivity index (χ1n) is 12.4. The van der Waals surface area contributed by atoms with Gasteiger partial charge in [0.25, 0.3) is 11.8 Å². The van der Waals surface area contributed by atoms with Gasteiger partial charge in [0.05, 0.1) is 39.9 Å². The molecule has 0 saturated carbocycles. The van der Waals surface area contributed by atoms with E-state index in [-0.39, 0.29) is 11.8 Å². The minimum atomic E-state index is -0.0446. The van der Waals surface area contributed by atoms with Crippen LogP contribution in [0.2, 0.25) is 0 Å². The van der Waals surface area contributed by atoms with E-state index in [0.717, 1.165) is 60.8 Å². The number of hydrogen-bond donors (Lipinski definition) is 0. The molecular weight excluding hydrogens is 608 g/mol. The van der Waals surface area contributed by atoms with E-state index in [4.69, 9.17) is 0 Å².